The van der Waals surface area contributed by atoms with Crippen LogP contribution >= 0.6 is 11.6 Å². The van der Waals surface area contributed by atoms with Crippen molar-refractivity contribution in [2.75, 3.05) is 32.7 Å². The summed E-state index contributed by atoms with van der Waals surface area (Å²) in [4.78, 5) is 37.3. The first-order valence-corrected chi connectivity index (χ1v) is 10.6. The van der Waals surface area contributed by atoms with Gasteiger partial charge in [-0.3, -0.25) is 9.59 Å². The molecule has 34 heavy (non-hydrogen) atoms. The second-order valence-electron chi connectivity index (χ2n) is 6.99. The third-order valence-electron chi connectivity index (χ3n) is 4.72. The van der Waals surface area contributed by atoms with Crippen molar-refractivity contribution >= 4 is 35.1 Å². The standard InChI is InChI=1S/C24H23ClN2O7/c1-31-20-12-17(18(13-21(20)32-2)27-23(29)19-4-3-11-33-19)24(30)34-14-22(28)26-10-9-15-5-7-16(25)8-6-15/h3-8,11-13H,9-10,14H2,1-2H3,(H,26,28)(H,27,29). The van der Waals surface area contributed by atoms with Gasteiger partial charge in [-0.25, -0.2) is 4.79 Å². The molecule has 2 aromatic carbocycles. The first-order valence-electron chi connectivity index (χ1n) is 10.2. The number of amides is 2. The van der Waals surface area contributed by atoms with Gasteiger partial charge >= 0.3 is 5.97 Å². The minimum Gasteiger partial charge on any atom is -0.493 e. The first-order chi connectivity index (χ1) is 16.4. The van der Waals surface area contributed by atoms with Gasteiger partial charge in [0.1, 0.15) is 0 Å². The van der Waals surface area contributed by atoms with Gasteiger partial charge in [-0.1, -0.05) is 23.7 Å². The molecular weight excluding hydrogens is 464 g/mol. The molecule has 0 radical (unpaired) electrons. The number of hydrogen-bond acceptors (Lipinski definition) is 7. The van der Waals surface area contributed by atoms with E-state index in [-0.39, 0.29) is 28.5 Å². The van der Waals surface area contributed by atoms with Crippen LogP contribution < -0.4 is 20.1 Å². The van der Waals surface area contributed by atoms with Gasteiger partial charge in [0.25, 0.3) is 11.8 Å². The highest BCUT2D eigenvalue weighted by Gasteiger charge is 2.21. The zero-order valence-corrected chi connectivity index (χ0v) is 19.3. The molecule has 0 spiro atoms. The lowest BCUT2D eigenvalue weighted by Gasteiger charge is -2.15. The number of furan rings is 1. The van der Waals surface area contributed by atoms with Crippen LogP contribution in [0.4, 0.5) is 5.69 Å². The summed E-state index contributed by atoms with van der Waals surface area (Å²) in [5, 5.41) is 5.90. The Balaban J connectivity index is 1.64. The number of methoxy groups -OCH3 is 2. The molecule has 1 heterocycles. The maximum absolute atomic E-state index is 12.7. The first kappa shape index (κ1) is 24.7. The van der Waals surface area contributed by atoms with Crippen molar-refractivity contribution in [1.82, 2.24) is 5.32 Å². The molecule has 0 saturated carbocycles. The van der Waals surface area contributed by atoms with Gasteiger partial charge in [0.15, 0.2) is 23.9 Å². The molecule has 0 saturated heterocycles. The Morgan fingerprint density at radius 1 is 1.00 bits per heavy atom. The zero-order valence-electron chi connectivity index (χ0n) is 18.6. The second kappa shape index (κ2) is 11.8. The van der Waals surface area contributed by atoms with Crippen LogP contribution in [-0.2, 0) is 16.0 Å². The van der Waals surface area contributed by atoms with E-state index in [1.54, 1.807) is 18.2 Å². The molecule has 10 heteroatoms. The van der Waals surface area contributed by atoms with Crippen LogP contribution in [0.15, 0.2) is 59.2 Å². The highest BCUT2D eigenvalue weighted by Crippen LogP contribution is 2.34. The monoisotopic (exact) mass is 486 g/mol. The maximum atomic E-state index is 12.7. The quantitative estimate of drug-likeness (QED) is 0.419. The summed E-state index contributed by atoms with van der Waals surface area (Å²) in [6, 6.07) is 13.1. The summed E-state index contributed by atoms with van der Waals surface area (Å²) in [6.07, 6.45) is 1.94. The molecule has 0 aliphatic heterocycles. The van der Waals surface area contributed by atoms with Crippen LogP contribution in [0.5, 0.6) is 11.5 Å². The largest absolute Gasteiger partial charge is 0.493 e. The van der Waals surface area contributed by atoms with Gasteiger partial charge in [-0.15, -0.1) is 0 Å². The van der Waals surface area contributed by atoms with Crippen molar-refractivity contribution in [3.05, 3.63) is 76.7 Å². The Hall–Kier alpha value is -3.98. The van der Waals surface area contributed by atoms with E-state index < -0.39 is 24.4 Å². The summed E-state index contributed by atoms with van der Waals surface area (Å²) in [5.41, 5.74) is 1.09. The number of halogens is 1. The van der Waals surface area contributed by atoms with Gasteiger partial charge in [0.2, 0.25) is 0 Å². The molecule has 0 bridgehead atoms. The van der Waals surface area contributed by atoms with E-state index in [1.807, 2.05) is 12.1 Å². The third kappa shape index (κ3) is 6.52. The van der Waals surface area contributed by atoms with E-state index in [4.69, 9.17) is 30.2 Å². The molecule has 178 valence electrons. The van der Waals surface area contributed by atoms with Crippen LogP contribution in [0.25, 0.3) is 0 Å². The maximum Gasteiger partial charge on any atom is 0.340 e. The van der Waals surface area contributed by atoms with E-state index in [2.05, 4.69) is 10.6 Å². The molecule has 3 aromatic rings. The Bertz CT molecular complexity index is 1140. The molecule has 0 aliphatic carbocycles. The average Bonchev–Trinajstić information content (AvgIpc) is 3.39. The number of rotatable bonds is 10. The number of esters is 1. The van der Waals surface area contributed by atoms with E-state index in [0.29, 0.717) is 18.0 Å². The molecule has 2 N–H and O–H groups in total. The Morgan fingerprint density at radius 3 is 2.35 bits per heavy atom. The molecule has 3 rings (SSSR count). The molecule has 0 fully saturated rings. The van der Waals surface area contributed by atoms with Crippen LogP contribution in [-0.4, -0.2) is 45.2 Å². The molecule has 0 aliphatic rings. The number of anilines is 1. The number of hydrogen-bond donors (Lipinski definition) is 2. The molecule has 0 unspecified atom stereocenters. The molecule has 9 nitrogen and oxygen atoms in total. The minimum absolute atomic E-state index is 0.0217. The molecule has 1 aromatic heterocycles. The lowest BCUT2D eigenvalue weighted by molar-refractivity contribution is -0.124. The Kier molecular flexibility index (Phi) is 8.53. The number of nitrogens with one attached hydrogen (secondary N) is 2. The number of carbonyl (C=O) groups is 3. The third-order valence-corrected chi connectivity index (χ3v) is 4.97. The highest BCUT2D eigenvalue weighted by atomic mass is 35.5. The number of benzene rings is 2. The second-order valence-corrected chi connectivity index (χ2v) is 7.42. The summed E-state index contributed by atoms with van der Waals surface area (Å²) in [5.74, 6) is -1.29. The summed E-state index contributed by atoms with van der Waals surface area (Å²) < 4.78 is 20.7. The fourth-order valence-corrected chi connectivity index (χ4v) is 3.13. The van der Waals surface area contributed by atoms with Crippen LogP contribution in [0.3, 0.4) is 0 Å². The van der Waals surface area contributed by atoms with E-state index in [9.17, 15) is 14.4 Å². The molecule has 0 atom stereocenters. The zero-order chi connectivity index (χ0) is 24.5. The summed E-state index contributed by atoms with van der Waals surface area (Å²) in [7, 11) is 2.82. The average molecular weight is 487 g/mol. The van der Waals surface area contributed by atoms with Crippen LogP contribution in [0.1, 0.15) is 26.5 Å². The van der Waals surface area contributed by atoms with Crippen molar-refractivity contribution in [2.45, 2.75) is 6.42 Å². The fraction of sp³-hybridized carbons (Fsp3) is 0.208. The topological polar surface area (TPSA) is 116 Å². The Labute approximate surface area is 200 Å². The summed E-state index contributed by atoms with van der Waals surface area (Å²) in [6.45, 7) is -0.141. The van der Waals surface area contributed by atoms with Gasteiger partial charge in [-0.2, -0.15) is 0 Å². The predicted molar refractivity (Wildman–Crippen MR) is 125 cm³/mol. The molecule has 2 amide bonds. The highest BCUT2D eigenvalue weighted by molar-refractivity contribution is 6.30. The molecular formula is C24H23ClN2O7. The van der Waals surface area contributed by atoms with Gasteiger partial charge in [0, 0.05) is 23.7 Å². The van der Waals surface area contributed by atoms with Crippen LogP contribution in [0, 0.1) is 0 Å². The van der Waals surface area contributed by atoms with Crippen molar-refractivity contribution in [3.8, 4) is 11.5 Å². The normalized spacial score (nSPS) is 10.3. The van der Waals surface area contributed by atoms with Crippen molar-refractivity contribution in [3.63, 3.8) is 0 Å². The van der Waals surface area contributed by atoms with Crippen LogP contribution in [0.2, 0.25) is 5.02 Å². The SMILES string of the molecule is COc1cc(NC(=O)c2ccco2)c(C(=O)OCC(=O)NCCc2ccc(Cl)cc2)cc1OC. The van der Waals surface area contributed by atoms with Crippen molar-refractivity contribution in [2.24, 2.45) is 0 Å². The predicted octanol–water partition coefficient (Wildman–Crippen LogP) is 3.72. The van der Waals surface area contributed by atoms with Gasteiger partial charge < -0.3 is 29.3 Å². The van der Waals surface area contributed by atoms with Crippen molar-refractivity contribution < 1.29 is 33.0 Å². The van der Waals surface area contributed by atoms with E-state index in [0.717, 1.165) is 5.56 Å². The number of ether oxygens (including phenoxy) is 3. The lowest BCUT2D eigenvalue weighted by atomic mass is 10.1. The van der Waals surface area contributed by atoms with Crippen molar-refractivity contribution in [1.29, 1.82) is 0 Å². The fourth-order valence-electron chi connectivity index (χ4n) is 3.00. The van der Waals surface area contributed by atoms with Gasteiger partial charge in [-0.05, 0) is 36.2 Å². The van der Waals surface area contributed by atoms with Gasteiger partial charge in [0.05, 0.1) is 31.7 Å². The number of carbonyl (C=O) groups excluding carboxylic acids is 3. The summed E-state index contributed by atoms with van der Waals surface area (Å²) >= 11 is 5.86. The van der Waals surface area contributed by atoms with E-state index in [1.165, 1.54) is 38.7 Å². The lowest BCUT2D eigenvalue weighted by Crippen LogP contribution is -2.30. The Morgan fingerprint density at radius 2 is 1.71 bits per heavy atom. The smallest absolute Gasteiger partial charge is 0.340 e. The van der Waals surface area contributed by atoms with E-state index >= 15 is 0 Å². The minimum atomic E-state index is -0.830.